The molecule has 2 aromatic carbocycles. The number of carbonyl (C=O) groups is 1. The van der Waals surface area contributed by atoms with Crippen molar-refractivity contribution < 1.29 is 17.9 Å². The molecule has 0 spiro atoms. The van der Waals surface area contributed by atoms with Crippen molar-refractivity contribution in [1.29, 1.82) is 0 Å². The van der Waals surface area contributed by atoms with Crippen LogP contribution < -0.4 is 0 Å². The molecule has 31 heavy (non-hydrogen) atoms. The van der Waals surface area contributed by atoms with E-state index >= 15 is 0 Å². The standard InChI is InChI=1S/C24H32N2O4S/c1-5-18(2)26(17-21-10-7-6-8-11-21)24(27)22-12-9-13-23(14-22)31(28,29)25-15-19(3)30-20(4)16-25/h6-14,18-20H,5,15-17H2,1-4H3. The van der Waals surface area contributed by atoms with Gasteiger partial charge in [-0.3, -0.25) is 4.79 Å². The maximum Gasteiger partial charge on any atom is 0.254 e. The number of hydrogen-bond donors (Lipinski definition) is 0. The van der Waals surface area contributed by atoms with Gasteiger partial charge < -0.3 is 9.64 Å². The Morgan fingerprint density at radius 1 is 1.10 bits per heavy atom. The second kappa shape index (κ2) is 9.94. The molecule has 0 aliphatic carbocycles. The largest absolute Gasteiger partial charge is 0.373 e. The van der Waals surface area contributed by atoms with Gasteiger partial charge in [0.25, 0.3) is 5.91 Å². The summed E-state index contributed by atoms with van der Waals surface area (Å²) in [5.74, 6) is -0.168. The fourth-order valence-electron chi connectivity index (χ4n) is 3.86. The van der Waals surface area contributed by atoms with Gasteiger partial charge in [-0.2, -0.15) is 4.31 Å². The van der Waals surface area contributed by atoms with Crippen LogP contribution in [0.25, 0.3) is 0 Å². The van der Waals surface area contributed by atoms with E-state index in [1.54, 1.807) is 23.1 Å². The summed E-state index contributed by atoms with van der Waals surface area (Å²) >= 11 is 0. The molecule has 2 aromatic rings. The molecule has 0 radical (unpaired) electrons. The summed E-state index contributed by atoms with van der Waals surface area (Å²) in [6.45, 7) is 8.87. The lowest BCUT2D eigenvalue weighted by Gasteiger charge is -2.34. The number of hydrogen-bond acceptors (Lipinski definition) is 4. The molecule has 3 unspecified atom stereocenters. The van der Waals surface area contributed by atoms with Crippen LogP contribution in [-0.2, 0) is 21.3 Å². The number of ether oxygens (including phenoxy) is 1. The molecule has 1 fully saturated rings. The van der Waals surface area contributed by atoms with Crippen LogP contribution in [0.4, 0.5) is 0 Å². The van der Waals surface area contributed by atoms with Crippen LogP contribution in [0.1, 0.15) is 50.0 Å². The van der Waals surface area contributed by atoms with Crippen LogP contribution in [0.3, 0.4) is 0 Å². The van der Waals surface area contributed by atoms with E-state index in [9.17, 15) is 13.2 Å². The quantitative estimate of drug-likeness (QED) is 0.649. The van der Waals surface area contributed by atoms with Crippen molar-refractivity contribution in [1.82, 2.24) is 9.21 Å². The number of amides is 1. The second-order valence-corrected chi connectivity index (χ2v) is 10.2. The maximum absolute atomic E-state index is 13.4. The third-order valence-corrected chi connectivity index (χ3v) is 7.51. The Morgan fingerprint density at radius 3 is 2.35 bits per heavy atom. The van der Waals surface area contributed by atoms with Gasteiger partial charge in [-0.05, 0) is 51.0 Å². The third-order valence-electron chi connectivity index (χ3n) is 5.68. The summed E-state index contributed by atoms with van der Waals surface area (Å²) in [4.78, 5) is 15.4. The lowest BCUT2D eigenvalue weighted by atomic mass is 10.1. The van der Waals surface area contributed by atoms with Crippen molar-refractivity contribution in [2.45, 2.75) is 63.8 Å². The van der Waals surface area contributed by atoms with E-state index in [-0.39, 0.29) is 29.1 Å². The molecule has 0 bridgehead atoms. The zero-order valence-corrected chi connectivity index (χ0v) is 19.5. The monoisotopic (exact) mass is 444 g/mol. The Hall–Kier alpha value is -2.22. The summed E-state index contributed by atoms with van der Waals surface area (Å²) in [6, 6.07) is 16.2. The van der Waals surface area contributed by atoms with Crippen molar-refractivity contribution in [3.8, 4) is 0 Å². The molecule has 7 heteroatoms. The van der Waals surface area contributed by atoms with Crippen LogP contribution in [0.2, 0.25) is 0 Å². The van der Waals surface area contributed by atoms with Gasteiger partial charge in [0.1, 0.15) is 0 Å². The van der Waals surface area contributed by atoms with Crippen molar-refractivity contribution in [2.24, 2.45) is 0 Å². The van der Waals surface area contributed by atoms with Crippen LogP contribution in [-0.4, -0.2) is 54.9 Å². The molecule has 1 amide bonds. The normalized spacial score (nSPS) is 20.9. The predicted octanol–water partition coefficient (Wildman–Crippen LogP) is 3.93. The smallest absolute Gasteiger partial charge is 0.254 e. The zero-order valence-electron chi connectivity index (χ0n) is 18.7. The zero-order chi connectivity index (χ0) is 22.6. The minimum atomic E-state index is -3.71. The Labute approximate surface area is 185 Å². The third kappa shape index (κ3) is 5.53. The van der Waals surface area contributed by atoms with E-state index in [2.05, 4.69) is 0 Å². The number of rotatable bonds is 7. The van der Waals surface area contributed by atoms with Gasteiger partial charge in [-0.1, -0.05) is 43.3 Å². The van der Waals surface area contributed by atoms with Gasteiger partial charge in [0.05, 0.1) is 17.1 Å². The first-order chi connectivity index (χ1) is 14.7. The minimum Gasteiger partial charge on any atom is -0.373 e. The molecule has 3 atom stereocenters. The number of nitrogens with zero attached hydrogens (tertiary/aromatic N) is 2. The average molecular weight is 445 g/mol. The Bertz CT molecular complexity index is 984. The molecule has 0 aromatic heterocycles. The van der Waals surface area contributed by atoms with Crippen LogP contribution >= 0.6 is 0 Å². The second-order valence-electron chi connectivity index (χ2n) is 8.28. The molecular weight excluding hydrogens is 412 g/mol. The van der Waals surface area contributed by atoms with E-state index in [1.807, 2.05) is 58.0 Å². The molecular formula is C24H32N2O4S. The molecule has 1 aliphatic rings. The molecule has 168 valence electrons. The highest BCUT2D eigenvalue weighted by Crippen LogP contribution is 2.23. The molecule has 6 nitrogen and oxygen atoms in total. The van der Waals surface area contributed by atoms with Crippen LogP contribution in [0.5, 0.6) is 0 Å². The molecule has 1 aliphatic heterocycles. The van der Waals surface area contributed by atoms with Gasteiger partial charge in [-0.15, -0.1) is 0 Å². The van der Waals surface area contributed by atoms with Crippen molar-refractivity contribution >= 4 is 15.9 Å². The highest BCUT2D eigenvalue weighted by atomic mass is 32.2. The fourth-order valence-corrected chi connectivity index (χ4v) is 5.50. The molecule has 3 rings (SSSR count). The summed E-state index contributed by atoms with van der Waals surface area (Å²) in [6.07, 6.45) is 0.463. The lowest BCUT2D eigenvalue weighted by Crippen LogP contribution is -2.48. The SMILES string of the molecule is CCC(C)N(Cc1ccccc1)C(=O)c1cccc(S(=O)(=O)N2CC(C)OC(C)C2)c1. The predicted molar refractivity (Wildman–Crippen MR) is 121 cm³/mol. The highest BCUT2D eigenvalue weighted by molar-refractivity contribution is 7.89. The first-order valence-corrected chi connectivity index (χ1v) is 12.3. The summed E-state index contributed by atoms with van der Waals surface area (Å²) in [7, 11) is -3.71. The first-order valence-electron chi connectivity index (χ1n) is 10.8. The van der Waals surface area contributed by atoms with E-state index in [0.29, 0.717) is 25.2 Å². The fraction of sp³-hybridized carbons (Fsp3) is 0.458. The van der Waals surface area contributed by atoms with Gasteiger partial charge in [-0.25, -0.2) is 8.42 Å². The maximum atomic E-state index is 13.4. The average Bonchev–Trinajstić information content (AvgIpc) is 2.76. The Balaban J connectivity index is 1.88. The topological polar surface area (TPSA) is 66.9 Å². The summed E-state index contributed by atoms with van der Waals surface area (Å²) < 4.78 is 33.6. The number of benzene rings is 2. The van der Waals surface area contributed by atoms with E-state index in [1.165, 1.54) is 10.4 Å². The van der Waals surface area contributed by atoms with Crippen molar-refractivity contribution in [3.05, 3.63) is 65.7 Å². The first kappa shape index (κ1) is 23.4. The molecule has 0 saturated carbocycles. The van der Waals surface area contributed by atoms with Crippen molar-refractivity contribution in [2.75, 3.05) is 13.1 Å². The van der Waals surface area contributed by atoms with E-state index in [4.69, 9.17) is 4.74 Å². The van der Waals surface area contributed by atoms with Crippen molar-refractivity contribution in [3.63, 3.8) is 0 Å². The lowest BCUT2D eigenvalue weighted by molar-refractivity contribution is -0.0440. The highest BCUT2D eigenvalue weighted by Gasteiger charge is 2.33. The molecule has 0 N–H and O–H groups in total. The van der Waals surface area contributed by atoms with Gasteiger partial charge in [0.15, 0.2) is 0 Å². The number of morpholine rings is 1. The number of carbonyl (C=O) groups excluding carboxylic acids is 1. The van der Waals surface area contributed by atoms with Gasteiger partial charge in [0, 0.05) is 31.2 Å². The van der Waals surface area contributed by atoms with Crippen LogP contribution in [0, 0.1) is 0 Å². The van der Waals surface area contributed by atoms with E-state index < -0.39 is 10.0 Å². The molecule has 1 heterocycles. The van der Waals surface area contributed by atoms with E-state index in [0.717, 1.165) is 12.0 Å². The Kier molecular flexibility index (Phi) is 7.51. The minimum absolute atomic E-state index is 0.0221. The van der Waals surface area contributed by atoms with Crippen LogP contribution in [0.15, 0.2) is 59.5 Å². The van der Waals surface area contributed by atoms with Gasteiger partial charge >= 0.3 is 0 Å². The summed E-state index contributed by atoms with van der Waals surface area (Å²) in [5.41, 5.74) is 1.42. The Morgan fingerprint density at radius 2 is 1.74 bits per heavy atom. The van der Waals surface area contributed by atoms with Gasteiger partial charge in [0.2, 0.25) is 10.0 Å². The summed E-state index contributed by atoms with van der Waals surface area (Å²) in [5, 5.41) is 0. The molecule has 1 saturated heterocycles. The number of sulfonamides is 1.